The van der Waals surface area contributed by atoms with E-state index in [-0.39, 0.29) is 12.5 Å². The van der Waals surface area contributed by atoms with E-state index in [2.05, 4.69) is 10.3 Å². The first-order valence-electron chi connectivity index (χ1n) is 5.52. The van der Waals surface area contributed by atoms with E-state index in [9.17, 15) is 4.79 Å². The Morgan fingerprint density at radius 1 is 1.32 bits per heavy atom. The number of hydrogen-bond acceptors (Lipinski definition) is 4. The molecule has 0 aliphatic heterocycles. The zero-order valence-corrected chi connectivity index (χ0v) is 10.7. The second kappa shape index (κ2) is 6.06. The van der Waals surface area contributed by atoms with Crippen LogP contribution in [0.25, 0.3) is 0 Å². The van der Waals surface area contributed by atoms with Gasteiger partial charge in [-0.3, -0.25) is 9.78 Å². The Labute approximate surface area is 115 Å². The first kappa shape index (κ1) is 13.2. The standard InChI is InChI=1S/C13H12ClN3O2/c14-9-5-12(7-16-6-9)19-8-13(18)17-11-3-1-10(15)2-4-11/h1-7H,8,15H2,(H,17,18). The third kappa shape index (κ3) is 4.15. The molecule has 1 aromatic carbocycles. The van der Waals surface area contributed by atoms with Crippen molar-refractivity contribution in [1.82, 2.24) is 4.98 Å². The number of anilines is 2. The van der Waals surface area contributed by atoms with Crippen molar-refractivity contribution in [2.45, 2.75) is 0 Å². The lowest BCUT2D eigenvalue weighted by molar-refractivity contribution is -0.118. The number of hydrogen-bond donors (Lipinski definition) is 2. The third-order valence-corrected chi connectivity index (χ3v) is 2.45. The van der Waals surface area contributed by atoms with E-state index in [0.717, 1.165) is 0 Å². The lowest BCUT2D eigenvalue weighted by atomic mass is 10.3. The van der Waals surface area contributed by atoms with Gasteiger partial charge in [-0.05, 0) is 24.3 Å². The molecule has 98 valence electrons. The summed E-state index contributed by atoms with van der Waals surface area (Å²) in [5.74, 6) is 0.171. The first-order chi connectivity index (χ1) is 9.13. The number of carbonyl (C=O) groups excluding carboxylic acids is 1. The Morgan fingerprint density at radius 3 is 2.74 bits per heavy atom. The molecule has 0 atom stereocenters. The molecule has 0 fully saturated rings. The Morgan fingerprint density at radius 2 is 2.05 bits per heavy atom. The van der Waals surface area contributed by atoms with Crippen LogP contribution in [0.5, 0.6) is 5.75 Å². The summed E-state index contributed by atoms with van der Waals surface area (Å²) in [6, 6.07) is 8.43. The highest BCUT2D eigenvalue weighted by Crippen LogP contribution is 2.15. The highest BCUT2D eigenvalue weighted by atomic mass is 35.5. The van der Waals surface area contributed by atoms with Gasteiger partial charge in [-0.15, -0.1) is 0 Å². The van der Waals surface area contributed by atoms with Crippen LogP contribution in [-0.2, 0) is 4.79 Å². The second-order valence-electron chi connectivity index (χ2n) is 3.80. The zero-order valence-electron chi connectivity index (χ0n) is 9.97. The molecule has 0 bridgehead atoms. The van der Waals surface area contributed by atoms with Gasteiger partial charge in [0.1, 0.15) is 5.75 Å². The molecule has 0 saturated carbocycles. The summed E-state index contributed by atoms with van der Waals surface area (Å²) in [6.07, 6.45) is 2.98. The predicted octanol–water partition coefficient (Wildman–Crippen LogP) is 2.33. The molecule has 5 nitrogen and oxygen atoms in total. The lowest BCUT2D eigenvalue weighted by Gasteiger charge is -2.07. The molecule has 2 aromatic rings. The minimum absolute atomic E-state index is 0.119. The SMILES string of the molecule is Nc1ccc(NC(=O)COc2cncc(Cl)c2)cc1. The Balaban J connectivity index is 1.86. The number of nitrogens with two attached hydrogens (primary N) is 1. The monoisotopic (exact) mass is 277 g/mol. The number of aromatic nitrogens is 1. The van der Waals surface area contributed by atoms with Crippen LogP contribution in [0.2, 0.25) is 5.02 Å². The van der Waals surface area contributed by atoms with Crippen LogP contribution >= 0.6 is 11.6 Å². The lowest BCUT2D eigenvalue weighted by Crippen LogP contribution is -2.20. The highest BCUT2D eigenvalue weighted by molar-refractivity contribution is 6.30. The van der Waals surface area contributed by atoms with Crippen molar-refractivity contribution in [3.63, 3.8) is 0 Å². The van der Waals surface area contributed by atoms with Gasteiger partial charge in [0, 0.05) is 23.6 Å². The smallest absolute Gasteiger partial charge is 0.262 e. The number of nitrogens with one attached hydrogen (secondary N) is 1. The molecule has 3 N–H and O–H groups in total. The molecule has 1 aromatic heterocycles. The van der Waals surface area contributed by atoms with Crippen LogP contribution in [0.1, 0.15) is 0 Å². The summed E-state index contributed by atoms with van der Waals surface area (Å²) < 4.78 is 5.26. The van der Waals surface area contributed by atoms with Gasteiger partial charge in [-0.25, -0.2) is 0 Å². The summed E-state index contributed by atoms with van der Waals surface area (Å²) in [7, 11) is 0. The van der Waals surface area contributed by atoms with E-state index >= 15 is 0 Å². The van der Waals surface area contributed by atoms with Gasteiger partial charge < -0.3 is 15.8 Å². The molecular weight excluding hydrogens is 266 g/mol. The number of nitrogen functional groups attached to an aromatic ring is 1. The molecule has 1 heterocycles. The van der Waals surface area contributed by atoms with Crippen molar-refractivity contribution >= 4 is 28.9 Å². The van der Waals surface area contributed by atoms with Crippen molar-refractivity contribution in [2.75, 3.05) is 17.7 Å². The molecule has 0 saturated heterocycles. The van der Waals surface area contributed by atoms with Crippen LogP contribution in [0.15, 0.2) is 42.7 Å². The molecule has 0 aliphatic carbocycles. The van der Waals surface area contributed by atoms with E-state index in [0.29, 0.717) is 22.1 Å². The fourth-order valence-electron chi connectivity index (χ4n) is 1.38. The Hall–Kier alpha value is -2.27. The number of nitrogens with zero attached hydrogens (tertiary/aromatic N) is 1. The van der Waals surface area contributed by atoms with E-state index in [1.165, 1.54) is 12.4 Å². The van der Waals surface area contributed by atoms with Crippen LogP contribution in [0.3, 0.4) is 0 Å². The minimum atomic E-state index is -0.273. The summed E-state index contributed by atoms with van der Waals surface area (Å²) in [5.41, 5.74) is 6.85. The maximum Gasteiger partial charge on any atom is 0.262 e. The Kier molecular flexibility index (Phi) is 4.20. The van der Waals surface area contributed by atoms with Gasteiger partial charge in [-0.2, -0.15) is 0 Å². The molecule has 0 radical (unpaired) electrons. The maximum atomic E-state index is 11.6. The molecule has 6 heteroatoms. The van der Waals surface area contributed by atoms with E-state index in [1.807, 2.05) is 0 Å². The molecular formula is C13H12ClN3O2. The van der Waals surface area contributed by atoms with Gasteiger partial charge in [0.15, 0.2) is 6.61 Å². The fraction of sp³-hybridized carbons (Fsp3) is 0.0769. The molecule has 0 spiro atoms. The van der Waals surface area contributed by atoms with E-state index in [4.69, 9.17) is 22.1 Å². The third-order valence-electron chi connectivity index (χ3n) is 2.24. The number of benzene rings is 1. The minimum Gasteiger partial charge on any atom is -0.482 e. The number of ether oxygens (including phenoxy) is 1. The summed E-state index contributed by atoms with van der Waals surface area (Å²) in [4.78, 5) is 15.5. The van der Waals surface area contributed by atoms with Crippen molar-refractivity contribution in [1.29, 1.82) is 0 Å². The van der Waals surface area contributed by atoms with Crippen LogP contribution < -0.4 is 15.8 Å². The number of rotatable bonds is 4. The van der Waals surface area contributed by atoms with Crippen molar-refractivity contribution in [2.24, 2.45) is 0 Å². The average Bonchev–Trinajstić information content (AvgIpc) is 2.39. The van der Waals surface area contributed by atoms with Crippen molar-refractivity contribution < 1.29 is 9.53 Å². The first-order valence-corrected chi connectivity index (χ1v) is 5.90. The quantitative estimate of drug-likeness (QED) is 0.841. The largest absolute Gasteiger partial charge is 0.482 e. The average molecular weight is 278 g/mol. The normalized spacial score (nSPS) is 9.95. The predicted molar refractivity (Wildman–Crippen MR) is 74.2 cm³/mol. The number of pyridine rings is 1. The maximum absolute atomic E-state index is 11.6. The highest BCUT2D eigenvalue weighted by Gasteiger charge is 2.04. The van der Waals surface area contributed by atoms with Gasteiger partial charge in [0.2, 0.25) is 0 Å². The van der Waals surface area contributed by atoms with Crippen molar-refractivity contribution in [3.8, 4) is 5.75 Å². The van der Waals surface area contributed by atoms with Gasteiger partial charge in [-0.1, -0.05) is 11.6 Å². The zero-order chi connectivity index (χ0) is 13.7. The second-order valence-corrected chi connectivity index (χ2v) is 4.23. The fourth-order valence-corrected chi connectivity index (χ4v) is 1.55. The molecule has 0 unspecified atom stereocenters. The van der Waals surface area contributed by atoms with Crippen LogP contribution in [0, 0.1) is 0 Å². The van der Waals surface area contributed by atoms with Gasteiger partial charge in [0.25, 0.3) is 5.91 Å². The topological polar surface area (TPSA) is 77.2 Å². The van der Waals surface area contributed by atoms with Crippen LogP contribution in [-0.4, -0.2) is 17.5 Å². The molecule has 2 rings (SSSR count). The summed E-state index contributed by atoms with van der Waals surface area (Å²) in [6.45, 7) is -0.119. The summed E-state index contributed by atoms with van der Waals surface area (Å²) in [5, 5.41) is 3.14. The Bertz CT molecular complexity index is 572. The summed E-state index contributed by atoms with van der Waals surface area (Å²) >= 11 is 5.75. The number of halogens is 1. The van der Waals surface area contributed by atoms with Crippen molar-refractivity contribution in [3.05, 3.63) is 47.7 Å². The van der Waals surface area contributed by atoms with Gasteiger partial charge in [0.05, 0.1) is 11.2 Å². The van der Waals surface area contributed by atoms with E-state index < -0.39 is 0 Å². The number of carbonyl (C=O) groups is 1. The van der Waals surface area contributed by atoms with Crippen LogP contribution in [0.4, 0.5) is 11.4 Å². The molecule has 1 amide bonds. The molecule has 0 aliphatic rings. The van der Waals surface area contributed by atoms with E-state index in [1.54, 1.807) is 30.3 Å². The molecule has 19 heavy (non-hydrogen) atoms. The number of amides is 1. The van der Waals surface area contributed by atoms with Gasteiger partial charge >= 0.3 is 0 Å².